The van der Waals surface area contributed by atoms with Gasteiger partial charge in [0.25, 0.3) is 0 Å². The topological polar surface area (TPSA) is 75.7 Å². The van der Waals surface area contributed by atoms with Crippen molar-refractivity contribution in [2.24, 2.45) is 0 Å². The number of halogens is 1. The number of nitrogens with one attached hydrogen (secondary N) is 1. The number of sulfonamides is 1. The molecule has 26 heavy (non-hydrogen) atoms. The number of carbonyl (C=O) groups excluding carboxylic acids is 1. The van der Waals surface area contributed by atoms with Gasteiger partial charge in [0, 0.05) is 5.56 Å². The van der Waals surface area contributed by atoms with Crippen molar-refractivity contribution in [1.82, 2.24) is 5.32 Å². The minimum Gasteiger partial charge on any atom is -0.496 e. The van der Waals surface area contributed by atoms with E-state index in [1.165, 1.54) is 25.3 Å². The monoisotopic (exact) mass is 380 g/mol. The molecular formula is C18H21FN2O4S. The molecular weight excluding hydrogens is 359 g/mol. The van der Waals surface area contributed by atoms with Gasteiger partial charge in [-0.2, -0.15) is 0 Å². The van der Waals surface area contributed by atoms with E-state index in [-0.39, 0.29) is 5.69 Å². The van der Waals surface area contributed by atoms with Gasteiger partial charge in [0.2, 0.25) is 15.9 Å². The van der Waals surface area contributed by atoms with Crippen molar-refractivity contribution in [2.45, 2.75) is 13.0 Å². The second-order valence-electron chi connectivity index (χ2n) is 5.75. The molecule has 140 valence electrons. The van der Waals surface area contributed by atoms with Crippen LogP contribution in [0.4, 0.5) is 10.1 Å². The van der Waals surface area contributed by atoms with Crippen molar-refractivity contribution in [3.05, 3.63) is 59.9 Å². The molecule has 6 nitrogen and oxygen atoms in total. The van der Waals surface area contributed by atoms with Crippen LogP contribution in [0.2, 0.25) is 0 Å². The number of rotatable bonds is 7. The predicted molar refractivity (Wildman–Crippen MR) is 98.1 cm³/mol. The SMILES string of the molecule is COc1ccccc1[C@H](C)NC(=O)CN(c1ccccc1F)S(C)(=O)=O. The van der Waals surface area contributed by atoms with Crippen molar-refractivity contribution in [3.63, 3.8) is 0 Å². The van der Waals surface area contributed by atoms with E-state index in [0.29, 0.717) is 5.75 Å². The minimum atomic E-state index is -3.84. The van der Waals surface area contributed by atoms with Crippen LogP contribution < -0.4 is 14.4 Å². The molecule has 1 atom stereocenters. The number of carbonyl (C=O) groups is 1. The van der Waals surface area contributed by atoms with Crippen LogP contribution in [0.25, 0.3) is 0 Å². The standard InChI is InChI=1S/C18H21FN2O4S/c1-13(14-8-4-7-11-17(14)25-2)20-18(22)12-21(26(3,23)24)16-10-6-5-9-15(16)19/h4-11,13H,12H2,1-3H3,(H,20,22)/t13-/m0/s1. The molecule has 0 spiro atoms. The summed E-state index contributed by atoms with van der Waals surface area (Å²) in [7, 11) is -2.32. The summed E-state index contributed by atoms with van der Waals surface area (Å²) in [6.07, 6.45) is 0.927. The number of ether oxygens (including phenoxy) is 1. The van der Waals surface area contributed by atoms with Crippen LogP contribution in [0, 0.1) is 5.82 Å². The summed E-state index contributed by atoms with van der Waals surface area (Å²) < 4.78 is 44.1. The first-order valence-corrected chi connectivity index (χ1v) is 9.73. The molecule has 0 saturated heterocycles. The number of para-hydroxylation sites is 2. The molecule has 1 amide bonds. The zero-order valence-corrected chi connectivity index (χ0v) is 15.6. The minimum absolute atomic E-state index is 0.171. The summed E-state index contributed by atoms with van der Waals surface area (Å²) >= 11 is 0. The smallest absolute Gasteiger partial charge is 0.241 e. The predicted octanol–water partition coefficient (Wildman–Crippen LogP) is 2.48. The highest BCUT2D eigenvalue weighted by Crippen LogP contribution is 2.25. The number of methoxy groups -OCH3 is 1. The van der Waals surface area contributed by atoms with Crippen LogP contribution in [0.15, 0.2) is 48.5 Å². The fourth-order valence-corrected chi connectivity index (χ4v) is 3.41. The number of nitrogens with zero attached hydrogens (tertiary/aromatic N) is 1. The first kappa shape index (κ1) is 19.7. The second-order valence-corrected chi connectivity index (χ2v) is 7.66. The first-order valence-electron chi connectivity index (χ1n) is 7.88. The summed E-state index contributed by atoms with van der Waals surface area (Å²) in [4.78, 5) is 12.4. The molecule has 0 radical (unpaired) electrons. The summed E-state index contributed by atoms with van der Waals surface area (Å²) in [5.74, 6) is -0.671. The molecule has 0 aliphatic rings. The largest absolute Gasteiger partial charge is 0.496 e. The molecule has 0 saturated carbocycles. The third kappa shape index (κ3) is 4.72. The molecule has 1 N–H and O–H groups in total. The Kier molecular flexibility index (Phi) is 6.20. The highest BCUT2D eigenvalue weighted by atomic mass is 32.2. The molecule has 0 aliphatic carbocycles. The van der Waals surface area contributed by atoms with E-state index in [1.807, 2.05) is 6.07 Å². The van der Waals surface area contributed by atoms with Crippen molar-refractivity contribution < 1.29 is 22.3 Å². The molecule has 2 aromatic carbocycles. The quantitative estimate of drug-likeness (QED) is 0.801. The Morgan fingerprint density at radius 1 is 1.19 bits per heavy atom. The Labute approximate surface area is 152 Å². The Morgan fingerprint density at radius 2 is 1.81 bits per heavy atom. The third-order valence-corrected chi connectivity index (χ3v) is 4.92. The van der Waals surface area contributed by atoms with Gasteiger partial charge in [-0.05, 0) is 25.1 Å². The van der Waals surface area contributed by atoms with E-state index in [0.717, 1.165) is 22.2 Å². The Morgan fingerprint density at radius 3 is 2.42 bits per heavy atom. The Balaban J connectivity index is 2.19. The molecule has 0 aromatic heterocycles. The number of anilines is 1. The maximum atomic E-state index is 14.0. The van der Waals surface area contributed by atoms with E-state index >= 15 is 0 Å². The normalized spacial score (nSPS) is 12.3. The lowest BCUT2D eigenvalue weighted by molar-refractivity contribution is -0.120. The van der Waals surface area contributed by atoms with Crippen LogP contribution in [0.3, 0.4) is 0 Å². The highest BCUT2D eigenvalue weighted by molar-refractivity contribution is 7.92. The van der Waals surface area contributed by atoms with Crippen molar-refractivity contribution in [3.8, 4) is 5.75 Å². The van der Waals surface area contributed by atoms with Gasteiger partial charge in [-0.25, -0.2) is 12.8 Å². The Hall–Kier alpha value is -2.61. The van der Waals surface area contributed by atoms with Gasteiger partial charge in [0.15, 0.2) is 0 Å². The van der Waals surface area contributed by atoms with Gasteiger partial charge in [0.1, 0.15) is 18.1 Å². The lowest BCUT2D eigenvalue weighted by atomic mass is 10.1. The number of benzene rings is 2. The Bertz CT molecular complexity index is 886. The van der Waals surface area contributed by atoms with Gasteiger partial charge < -0.3 is 10.1 Å². The van der Waals surface area contributed by atoms with Gasteiger partial charge >= 0.3 is 0 Å². The second kappa shape index (κ2) is 8.18. The van der Waals surface area contributed by atoms with E-state index in [2.05, 4.69) is 5.32 Å². The summed E-state index contributed by atoms with van der Waals surface area (Å²) in [6.45, 7) is 1.23. The first-order chi connectivity index (χ1) is 12.2. The van der Waals surface area contributed by atoms with Crippen LogP contribution in [-0.2, 0) is 14.8 Å². The van der Waals surface area contributed by atoms with Crippen molar-refractivity contribution in [1.29, 1.82) is 0 Å². The van der Waals surface area contributed by atoms with Gasteiger partial charge in [-0.15, -0.1) is 0 Å². The van der Waals surface area contributed by atoms with Gasteiger partial charge in [-0.1, -0.05) is 30.3 Å². The van der Waals surface area contributed by atoms with Crippen LogP contribution in [0.1, 0.15) is 18.5 Å². The zero-order valence-electron chi connectivity index (χ0n) is 14.8. The summed E-state index contributed by atoms with van der Waals surface area (Å²) in [5, 5.41) is 2.72. The lowest BCUT2D eigenvalue weighted by Gasteiger charge is -2.24. The third-order valence-electron chi connectivity index (χ3n) is 3.79. The number of hydrogen-bond donors (Lipinski definition) is 1. The van der Waals surface area contributed by atoms with Crippen LogP contribution >= 0.6 is 0 Å². The molecule has 0 aliphatic heterocycles. The molecule has 0 bridgehead atoms. The van der Waals surface area contributed by atoms with Crippen molar-refractivity contribution in [2.75, 3.05) is 24.2 Å². The number of amides is 1. The van der Waals surface area contributed by atoms with Gasteiger partial charge in [0.05, 0.1) is 25.1 Å². The molecule has 2 aromatic rings. The van der Waals surface area contributed by atoms with E-state index in [1.54, 1.807) is 25.1 Å². The van der Waals surface area contributed by atoms with E-state index < -0.39 is 34.3 Å². The fraction of sp³-hybridized carbons (Fsp3) is 0.278. The molecule has 0 unspecified atom stereocenters. The zero-order chi connectivity index (χ0) is 19.3. The maximum absolute atomic E-state index is 14.0. The molecule has 2 rings (SSSR count). The van der Waals surface area contributed by atoms with Gasteiger partial charge in [-0.3, -0.25) is 9.10 Å². The maximum Gasteiger partial charge on any atom is 0.241 e. The molecule has 0 fully saturated rings. The van der Waals surface area contributed by atoms with E-state index in [9.17, 15) is 17.6 Å². The van der Waals surface area contributed by atoms with Crippen LogP contribution in [0.5, 0.6) is 5.75 Å². The summed E-state index contributed by atoms with van der Waals surface area (Å²) in [6, 6.07) is 12.2. The number of hydrogen-bond acceptors (Lipinski definition) is 4. The summed E-state index contributed by atoms with van der Waals surface area (Å²) in [5.41, 5.74) is 0.579. The van der Waals surface area contributed by atoms with Crippen LogP contribution in [-0.4, -0.2) is 34.2 Å². The average molecular weight is 380 g/mol. The highest BCUT2D eigenvalue weighted by Gasteiger charge is 2.24. The fourth-order valence-electron chi connectivity index (χ4n) is 2.55. The molecule has 8 heteroatoms. The lowest BCUT2D eigenvalue weighted by Crippen LogP contribution is -2.41. The van der Waals surface area contributed by atoms with E-state index in [4.69, 9.17) is 4.74 Å². The average Bonchev–Trinajstić information content (AvgIpc) is 2.59. The van der Waals surface area contributed by atoms with Crippen molar-refractivity contribution >= 4 is 21.6 Å². The molecule has 0 heterocycles.